The Labute approximate surface area is 180 Å². The maximum Gasteiger partial charge on any atom is 0.255 e. The minimum absolute atomic E-state index is 0.220. The van der Waals surface area contributed by atoms with Crippen LogP contribution in [0.15, 0.2) is 60.7 Å². The molecule has 0 aliphatic rings. The van der Waals surface area contributed by atoms with E-state index in [4.69, 9.17) is 18.9 Å². The highest BCUT2D eigenvalue weighted by Crippen LogP contribution is 2.38. The van der Waals surface area contributed by atoms with Crippen LogP contribution in [-0.4, -0.2) is 27.2 Å². The lowest BCUT2D eigenvalue weighted by molar-refractivity contribution is 0.0946. The first-order valence-electron chi connectivity index (χ1n) is 9.59. The normalized spacial score (nSPS) is 10.3. The Bertz CT molecular complexity index is 1010. The molecular formula is C24H24FNO5. The Morgan fingerprint density at radius 3 is 2.10 bits per heavy atom. The number of halogens is 1. The molecule has 0 spiro atoms. The fraction of sp³-hybridized carbons (Fsp3) is 0.208. The Hall–Kier alpha value is -3.74. The van der Waals surface area contributed by atoms with Crippen molar-refractivity contribution in [3.05, 3.63) is 83.2 Å². The van der Waals surface area contributed by atoms with Gasteiger partial charge in [0.1, 0.15) is 18.2 Å². The molecule has 0 aromatic heterocycles. The van der Waals surface area contributed by atoms with Crippen LogP contribution in [0.3, 0.4) is 0 Å². The first kappa shape index (κ1) is 22.0. The lowest BCUT2D eigenvalue weighted by Crippen LogP contribution is -2.23. The van der Waals surface area contributed by atoms with Crippen LogP contribution in [0.5, 0.6) is 23.0 Å². The monoisotopic (exact) mass is 425 g/mol. The SMILES string of the molecule is COc1cc(CNC(=O)c2ccccc2OCc2ccc(F)cc2)cc(OC)c1OC. The second kappa shape index (κ2) is 10.3. The zero-order valence-corrected chi connectivity index (χ0v) is 17.6. The summed E-state index contributed by atoms with van der Waals surface area (Å²) in [6.07, 6.45) is 0. The van der Waals surface area contributed by atoms with Gasteiger partial charge < -0.3 is 24.3 Å². The van der Waals surface area contributed by atoms with Crippen molar-refractivity contribution in [3.63, 3.8) is 0 Å². The van der Waals surface area contributed by atoms with Crippen molar-refractivity contribution in [2.75, 3.05) is 21.3 Å². The molecule has 3 rings (SSSR count). The number of rotatable bonds is 9. The summed E-state index contributed by atoms with van der Waals surface area (Å²) in [7, 11) is 4.60. The lowest BCUT2D eigenvalue weighted by atomic mass is 10.1. The minimum Gasteiger partial charge on any atom is -0.493 e. The van der Waals surface area contributed by atoms with Gasteiger partial charge in [0.15, 0.2) is 11.5 Å². The van der Waals surface area contributed by atoms with Crippen LogP contribution in [0.2, 0.25) is 0 Å². The highest BCUT2D eigenvalue weighted by atomic mass is 19.1. The summed E-state index contributed by atoms with van der Waals surface area (Å²) in [6.45, 7) is 0.472. The highest BCUT2D eigenvalue weighted by molar-refractivity contribution is 5.96. The van der Waals surface area contributed by atoms with Gasteiger partial charge in [0.2, 0.25) is 5.75 Å². The van der Waals surface area contributed by atoms with Crippen LogP contribution in [-0.2, 0) is 13.2 Å². The molecule has 0 saturated heterocycles. The van der Waals surface area contributed by atoms with E-state index in [1.54, 1.807) is 48.5 Å². The number of ether oxygens (including phenoxy) is 4. The van der Waals surface area contributed by atoms with Crippen LogP contribution < -0.4 is 24.3 Å². The van der Waals surface area contributed by atoms with Gasteiger partial charge in [-0.1, -0.05) is 24.3 Å². The third kappa shape index (κ3) is 5.45. The number of carbonyl (C=O) groups is 1. The van der Waals surface area contributed by atoms with Gasteiger partial charge in [0, 0.05) is 6.54 Å². The van der Waals surface area contributed by atoms with Gasteiger partial charge in [-0.05, 0) is 47.5 Å². The van der Waals surface area contributed by atoms with Crippen molar-refractivity contribution < 1.29 is 28.1 Å². The average Bonchev–Trinajstić information content (AvgIpc) is 2.81. The Morgan fingerprint density at radius 2 is 1.48 bits per heavy atom. The van der Waals surface area contributed by atoms with E-state index in [9.17, 15) is 9.18 Å². The molecule has 162 valence electrons. The zero-order chi connectivity index (χ0) is 22.2. The van der Waals surface area contributed by atoms with E-state index in [1.165, 1.54) is 33.5 Å². The molecule has 0 atom stereocenters. The van der Waals surface area contributed by atoms with Crippen molar-refractivity contribution in [1.29, 1.82) is 0 Å². The second-order valence-electron chi connectivity index (χ2n) is 6.63. The summed E-state index contributed by atoms with van der Waals surface area (Å²) >= 11 is 0. The molecule has 0 radical (unpaired) electrons. The van der Waals surface area contributed by atoms with Gasteiger partial charge in [-0.2, -0.15) is 0 Å². The summed E-state index contributed by atoms with van der Waals surface area (Å²) < 4.78 is 34.9. The van der Waals surface area contributed by atoms with Crippen molar-refractivity contribution in [2.24, 2.45) is 0 Å². The largest absolute Gasteiger partial charge is 0.493 e. The molecule has 0 fully saturated rings. The van der Waals surface area contributed by atoms with E-state index < -0.39 is 0 Å². The number of amides is 1. The smallest absolute Gasteiger partial charge is 0.255 e. The van der Waals surface area contributed by atoms with Crippen molar-refractivity contribution in [1.82, 2.24) is 5.32 Å². The van der Waals surface area contributed by atoms with Crippen molar-refractivity contribution in [2.45, 2.75) is 13.2 Å². The third-order valence-corrected chi connectivity index (χ3v) is 4.62. The fourth-order valence-corrected chi connectivity index (χ4v) is 3.04. The summed E-state index contributed by atoms with van der Waals surface area (Å²) in [5.41, 5.74) is 1.98. The quantitative estimate of drug-likeness (QED) is 0.552. The molecule has 6 nitrogen and oxygen atoms in total. The van der Waals surface area contributed by atoms with E-state index in [0.717, 1.165) is 11.1 Å². The molecule has 0 saturated carbocycles. The molecule has 0 aliphatic carbocycles. The molecular weight excluding hydrogens is 401 g/mol. The molecule has 1 N–H and O–H groups in total. The summed E-state index contributed by atoms with van der Waals surface area (Å²) in [4.78, 5) is 12.8. The molecule has 1 amide bonds. The van der Waals surface area contributed by atoms with Crippen LogP contribution in [0.4, 0.5) is 4.39 Å². The van der Waals surface area contributed by atoms with Crippen LogP contribution >= 0.6 is 0 Å². The molecule has 3 aromatic rings. The average molecular weight is 425 g/mol. The maximum atomic E-state index is 13.1. The molecule has 3 aromatic carbocycles. The predicted octanol–water partition coefficient (Wildman–Crippen LogP) is 4.36. The van der Waals surface area contributed by atoms with E-state index in [2.05, 4.69) is 5.32 Å². The summed E-state index contributed by atoms with van der Waals surface area (Å²) in [5, 5.41) is 2.88. The molecule has 7 heteroatoms. The second-order valence-corrected chi connectivity index (χ2v) is 6.63. The number of para-hydroxylation sites is 1. The Morgan fingerprint density at radius 1 is 0.839 bits per heavy atom. The number of hydrogen-bond donors (Lipinski definition) is 1. The van der Waals surface area contributed by atoms with Crippen LogP contribution in [0.25, 0.3) is 0 Å². The molecule has 0 unspecified atom stereocenters. The molecule has 31 heavy (non-hydrogen) atoms. The number of hydrogen-bond acceptors (Lipinski definition) is 5. The third-order valence-electron chi connectivity index (χ3n) is 4.62. The topological polar surface area (TPSA) is 66.0 Å². The van der Waals surface area contributed by atoms with Crippen LogP contribution in [0.1, 0.15) is 21.5 Å². The van der Waals surface area contributed by atoms with Gasteiger partial charge in [-0.3, -0.25) is 4.79 Å². The predicted molar refractivity (Wildman–Crippen MR) is 114 cm³/mol. The number of benzene rings is 3. The van der Waals surface area contributed by atoms with Crippen LogP contribution in [0, 0.1) is 5.82 Å². The van der Waals surface area contributed by atoms with Gasteiger partial charge in [-0.15, -0.1) is 0 Å². The summed E-state index contributed by atoms with van der Waals surface area (Å²) in [5.74, 6) is 1.34. The Kier molecular flexibility index (Phi) is 7.32. The van der Waals surface area contributed by atoms with Crippen molar-refractivity contribution >= 4 is 5.91 Å². The number of carbonyl (C=O) groups excluding carboxylic acids is 1. The van der Waals surface area contributed by atoms with Crippen molar-refractivity contribution in [3.8, 4) is 23.0 Å². The highest BCUT2D eigenvalue weighted by Gasteiger charge is 2.15. The standard InChI is InChI=1S/C24H24FNO5/c1-28-21-12-17(13-22(29-2)23(21)30-3)14-26-24(27)19-6-4-5-7-20(19)31-15-16-8-10-18(25)11-9-16/h4-13H,14-15H2,1-3H3,(H,26,27). The maximum absolute atomic E-state index is 13.1. The Balaban J connectivity index is 1.70. The van der Waals surface area contributed by atoms with E-state index >= 15 is 0 Å². The van der Waals surface area contributed by atoms with Gasteiger partial charge >= 0.3 is 0 Å². The van der Waals surface area contributed by atoms with Gasteiger partial charge in [0.05, 0.1) is 26.9 Å². The molecule has 0 heterocycles. The lowest BCUT2D eigenvalue weighted by Gasteiger charge is -2.15. The fourth-order valence-electron chi connectivity index (χ4n) is 3.04. The summed E-state index contributed by atoms with van der Waals surface area (Å²) in [6, 6.07) is 16.5. The van der Waals surface area contributed by atoms with E-state index in [0.29, 0.717) is 28.6 Å². The van der Waals surface area contributed by atoms with Gasteiger partial charge in [-0.25, -0.2) is 4.39 Å². The van der Waals surface area contributed by atoms with E-state index in [-0.39, 0.29) is 24.9 Å². The van der Waals surface area contributed by atoms with Gasteiger partial charge in [0.25, 0.3) is 5.91 Å². The first-order valence-corrected chi connectivity index (χ1v) is 9.59. The van der Waals surface area contributed by atoms with E-state index in [1.807, 2.05) is 0 Å². The molecule has 0 aliphatic heterocycles. The molecule has 0 bridgehead atoms. The zero-order valence-electron chi connectivity index (χ0n) is 17.6. The minimum atomic E-state index is -0.310. The number of nitrogens with one attached hydrogen (secondary N) is 1. The number of methoxy groups -OCH3 is 3. The first-order chi connectivity index (χ1) is 15.0.